The minimum absolute atomic E-state index is 0.0790. The summed E-state index contributed by atoms with van der Waals surface area (Å²) >= 11 is 8.13. The van der Waals surface area contributed by atoms with E-state index in [1.165, 1.54) is 4.90 Å². The molecule has 0 bridgehead atoms. The van der Waals surface area contributed by atoms with Crippen molar-refractivity contribution < 1.29 is 18.3 Å². The van der Waals surface area contributed by atoms with Gasteiger partial charge in [-0.25, -0.2) is 8.42 Å². The van der Waals surface area contributed by atoms with Crippen molar-refractivity contribution >= 4 is 62.0 Å². The van der Waals surface area contributed by atoms with Crippen molar-refractivity contribution in [1.82, 2.24) is 14.4 Å². The number of nitrogens with zero attached hydrogens (tertiary/aromatic N) is 5. The number of amides is 1. The molecule has 1 atom stereocenters. The van der Waals surface area contributed by atoms with E-state index in [1.54, 1.807) is 12.1 Å². The lowest BCUT2D eigenvalue weighted by atomic mass is 9.94. The van der Waals surface area contributed by atoms with Gasteiger partial charge in [0.05, 0.1) is 21.8 Å². The number of benzene rings is 5. The zero-order valence-corrected chi connectivity index (χ0v) is 42.5. The number of nitrogens with one attached hydrogen (secondary N) is 2. The highest BCUT2D eigenvalue weighted by atomic mass is 35.5. The Morgan fingerprint density at radius 3 is 2.12 bits per heavy atom. The van der Waals surface area contributed by atoms with Crippen molar-refractivity contribution in [3.05, 3.63) is 143 Å². The SMILES string of the molecule is Cc1cc(S(=O)(=O)Nc2ccc(N3CCN(c4cccc(-c5c(C(=O)N6CCC6)c(C)n(C)c5-c5ccc(Cl)cc5)c4)CC3)cc2)ccc1N[C@H](CCN1CCC(C)(O)CC1)CSc1ccccc1. The van der Waals surface area contributed by atoms with Gasteiger partial charge in [0.1, 0.15) is 0 Å². The second-order valence-electron chi connectivity index (χ2n) is 19.1. The standard InChI is InChI=1S/C55H64ClN7O4S2/c1-39-36-49(22-23-50(39)57-45(38-68-48-12-6-5-7-13-48)24-29-60-30-25-55(3,65)26-31-60)69(66,67)58-44-18-20-46(21-19-44)61-32-34-62(35-33-61)47-11-8-10-42(37-47)52-51(54(64)63-27-9-28-63)40(2)59(4)53(52)41-14-16-43(56)17-15-41/h5-8,10-23,36-37,45,57-58,65H,9,24-35,38H2,1-4H3/t45-/m1/s1. The van der Waals surface area contributed by atoms with Crippen LogP contribution in [0.2, 0.25) is 5.02 Å². The quantitative estimate of drug-likeness (QED) is 0.0816. The molecule has 3 aliphatic rings. The Morgan fingerprint density at radius 1 is 0.783 bits per heavy atom. The summed E-state index contributed by atoms with van der Waals surface area (Å²) in [4.78, 5) is 24.5. The molecule has 1 amide bonds. The summed E-state index contributed by atoms with van der Waals surface area (Å²) < 4.78 is 32.5. The predicted molar refractivity (Wildman–Crippen MR) is 285 cm³/mol. The third kappa shape index (κ3) is 11.3. The highest BCUT2D eigenvalue weighted by molar-refractivity contribution is 7.99. The minimum Gasteiger partial charge on any atom is -0.390 e. The number of piperazine rings is 1. The number of hydrogen-bond acceptors (Lipinski definition) is 9. The van der Waals surface area contributed by atoms with Crippen LogP contribution in [0.1, 0.15) is 54.2 Å². The normalized spacial score (nSPS) is 16.8. The molecule has 3 N–H and O–H groups in total. The van der Waals surface area contributed by atoms with Gasteiger partial charge in [-0.05, 0) is 142 Å². The molecule has 3 saturated heterocycles. The van der Waals surface area contributed by atoms with Crippen molar-refractivity contribution in [3.8, 4) is 22.4 Å². The van der Waals surface area contributed by atoms with Gasteiger partial charge >= 0.3 is 0 Å². The fourth-order valence-electron chi connectivity index (χ4n) is 9.70. The lowest BCUT2D eigenvalue weighted by Crippen LogP contribution is -2.46. The monoisotopic (exact) mass is 985 g/mol. The van der Waals surface area contributed by atoms with Crippen LogP contribution in [0.5, 0.6) is 0 Å². The Kier molecular flexibility index (Phi) is 14.7. The maximum absolute atomic E-state index is 14.0. The molecule has 0 spiro atoms. The molecule has 1 aromatic heterocycles. The first-order valence-electron chi connectivity index (χ1n) is 24.2. The number of anilines is 4. The third-order valence-electron chi connectivity index (χ3n) is 14.2. The van der Waals surface area contributed by atoms with Gasteiger partial charge in [-0.15, -0.1) is 11.8 Å². The van der Waals surface area contributed by atoms with Crippen LogP contribution in [-0.4, -0.2) is 110 Å². The Morgan fingerprint density at radius 2 is 1.46 bits per heavy atom. The third-order valence-corrected chi connectivity index (χ3v) is 17.0. The van der Waals surface area contributed by atoms with Crippen LogP contribution in [0.25, 0.3) is 22.4 Å². The van der Waals surface area contributed by atoms with Crippen LogP contribution < -0.4 is 19.8 Å². The predicted octanol–water partition coefficient (Wildman–Crippen LogP) is 10.4. The highest BCUT2D eigenvalue weighted by Gasteiger charge is 2.32. The summed E-state index contributed by atoms with van der Waals surface area (Å²) in [5.41, 5.74) is 9.51. The van der Waals surface area contributed by atoms with Crippen LogP contribution in [0.15, 0.2) is 131 Å². The molecule has 0 unspecified atom stereocenters. The second-order valence-corrected chi connectivity index (χ2v) is 22.4. The number of aryl methyl sites for hydroxylation is 1. The topological polar surface area (TPSA) is 113 Å². The van der Waals surface area contributed by atoms with E-state index < -0.39 is 15.6 Å². The molecule has 3 fully saturated rings. The maximum atomic E-state index is 14.0. The molecule has 4 heterocycles. The van der Waals surface area contributed by atoms with Gasteiger partial charge in [0, 0.05) is 122 Å². The van der Waals surface area contributed by atoms with Gasteiger partial charge in [-0.1, -0.05) is 54.1 Å². The molecule has 3 aliphatic heterocycles. The van der Waals surface area contributed by atoms with Gasteiger partial charge in [0.15, 0.2) is 0 Å². The molecule has 14 heteroatoms. The summed E-state index contributed by atoms with van der Waals surface area (Å²) in [6.07, 6.45) is 3.51. The molecule has 69 heavy (non-hydrogen) atoms. The minimum atomic E-state index is -3.85. The summed E-state index contributed by atoms with van der Waals surface area (Å²) in [5.74, 6) is 0.942. The van der Waals surface area contributed by atoms with Gasteiger partial charge in [0.25, 0.3) is 15.9 Å². The van der Waals surface area contributed by atoms with Gasteiger partial charge < -0.3 is 34.6 Å². The Labute approximate surface area is 417 Å². The van der Waals surface area contributed by atoms with Crippen LogP contribution in [-0.2, 0) is 17.1 Å². The molecule has 0 aliphatic carbocycles. The lowest BCUT2D eigenvalue weighted by Gasteiger charge is -2.37. The number of thioether (sulfide) groups is 1. The van der Waals surface area contributed by atoms with Gasteiger partial charge in [0.2, 0.25) is 0 Å². The van der Waals surface area contributed by atoms with Gasteiger partial charge in [-0.2, -0.15) is 0 Å². The molecule has 0 saturated carbocycles. The van der Waals surface area contributed by atoms with E-state index >= 15 is 0 Å². The van der Waals surface area contributed by atoms with E-state index in [1.807, 2.05) is 105 Å². The number of hydrogen-bond donors (Lipinski definition) is 3. The van der Waals surface area contributed by atoms with E-state index in [0.717, 1.165) is 147 Å². The van der Waals surface area contributed by atoms with E-state index in [4.69, 9.17) is 11.6 Å². The average Bonchev–Trinajstić information content (AvgIpc) is 3.60. The number of aromatic nitrogens is 1. The molecule has 0 radical (unpaired) electrons. The molecule has 6 aromatic rings. The number of sulfonamides is 1. The fraction of sp³-hybridized carbons (Fsp3) is 0.364. The number of piperidine rings is 1. The van der Waals surface area contributed by atoms with E-state index in [-0.39, 0.29) is 16.8 Å². The summed E-state index contributed by atoms with van der Waals surface area (Å²) in [7, 11) is -1.81. The van der Waals surface area contributed by atoms with Crippen molar-refractivity contribution in [2.45, 2.75) is 67.9 Å². The van der Waals surface area contributed by atoms with Crippen molar-refractivity contribution in [1.29, 1.82) is 0 Å². The number of carbonyl (C=O) groups excluding carboxylic acids is 1. The molecular formula is C55H64ClN7O4S2. The van der Waals surface area contributed by atoms with Crippen molar-refractivity contribution in [2.75, 3.05) is 84.5 Å². The first-order valence-corrected chi connectivity index (χ1v) is 27.0. The summed E-state index contributed by atoms with van der Waals surface area (Å²) in [5, 5.41) is 14.9. The summed E-state index contributed by atoms with van der Waals surface area (Å²) in [6.45, 7) is 13.4. The number of halogens is 1. The average molecular weight is 987 g/mol. The molecular weight excluding hydrogens is 922 g/mol. The number of carbonyl (C=O) groups is 1. The van der Waals surface area contributed by atoms with Crippen molar-refractivity contribution in [2.24, 2.45) is 7.05 Å². The Bertz CT molecular complexity index is 2850. The lowest BCUT2D eigenvalue weighted by molar-refractivity contribution is -0.00556. The Hall–Kier alpha value is -5.44. The van der Waals surface area contributed by atoms with E-state index in [0.29, 0.717) is 10.7 Å². The molecule has 9 rings (SSSR count). The summed E-state index contributed by atoms with van der Waals surface area (Å²) in [6, 6.07) is 39.9. The molecule has 11 nitrogen and oxygen atoms in total. The Balaban J connectivity index is 0.834. The van der Waals surface area contributed by atoms with E-state index in [2.05, 4.69) is 77.8 Å². The second kappa shape index (κ2) is 20.9. The zero-order chi connectivity index (χ0) is 48.3. The number of likely N-dealkylation sites (tertiary alicyclic amines) is 2. The van der Waals surface area contributed by atoms with Crippen LogP contribution >= 0.6 is 23.4 Å². The van der Waals surface area contributed by atoms with E-state index in [9.17, 15) is 18.3 Å². The first-order chi connectivity index (χ1) is 33.2. The molecule has 5 aromatic carbocycles. The molecule has 362 valence electrons. The number of rotatable bonds is 16. The van der Waals surface area contributed by atoms with Gasteiger partial charge in [-0.3, -0.25) is 9.52 Å². The van der Waals surface area contributed by atoms with Crippen LogP contribution in [0.4, 0.5) is 22.7 Å². The number of aliphatic hydroxyl groups is 1. The smallest absolute Gasteiger partial charge is 0.261 e. The van der Waals surface area contributed by atoms with Crippen LogP contribution in [0, 0.1) is 13.8 Å². The fourth-order valence-corrected chi connectivity index (χ4v) is 12.0. The first kappa shape index (κ1) is 48.6. The largest absolute Gasteiger partial charge is 0.390 e. The van der Waals surface area contributed by atoms with Crippen LogP contribution in [0.3, 0.4) is 0 Å². The van der Waals surface area contributed by atoms with Crippen molar-refractivity contribution in [3.63, 3.8) is 0 Å². The highest BCUT2D eigenvalue weighted by Crippen LogP contribution is 2.41. The maximum Gasteiger partial charge on any atom is 0.261 e. The zero-order valence-electron chi connectivity index (χ0n) is 40.1.